The Morgan fingerprint density at radius 2 is 2.18 bits per heavy atom. The number of carbonyl (C=O) groups excluding carboxylic acids is 1. The summed E-state index contributed by atoms with van der Waals surface area (Å²) in [6, 6.07) is 6.60. The van der Waals surface area contributed by atoms with Crippen molar-refractivity contribution in [2.75, 3.05) is 23.7 Å². The van der Waals surface area contributed by atoms with Gasteiger partial charge in [-0.3, -0.25) is 9.89 Å². The first-order valence-corrected chi connectivity index (χ1v) is 13.5. The van der Waals surface area contributed by atoms with Crippen molar-refractivity contribution >= 4 is 44.6 Å². The van der Waals surface area contributed by atoms with E-state index in [9.17, 15) is 4.79 Å². The smallest absolute Gasteiger partial charge is 0.220 e. The van der Waals surface area contributed by atoms with E-state index in [1.54, 1.807) is 11.3 Å². The summed E-state index contributed by atoms with van der Waals surface area (Å²) < 4.78 is 0. The van der Waals surface area contributed by atoms with Crippen LogP contribution in [0.1, 0.15) is 44.9 Å². The number of nitrogens with zero attached hydrogens (tertiary/aromatic N) is 2. The van der Waals surface area contributed by atoms with Crippen LogP contribution in [0.2, 0.25) is 0 Å². The van der Waals surface area contributed by atoms with Gasteiger partial charge in [-0.25, -0.2) is 0 Å². The molecule has 1 atom stereocenters. The van der Waals surface area contributed by atoms with Gasteiger partial charge in [-0.2, -0.15) is 5.10 Å². The Morgan fingerprint density at radius 1 is 1.29 bits per heavy atom. The van der Waals surface area contributed by atoms with E-state index in [4.69, 9.17) is 0 Å². The summed E-state index contributed by atoms with van der Waals surface area (Å²) in [6.07, 6.45) is 7.45. The second kappa shape index (κ2) is 10.1. The highest BCUT2D eigenvalue weighted by Gasteiger charge is 2.22. The molecule has 0 radical (unpaired) electrons. The van der Waals surface area contributed by atoms with Gasteiger partial charge in [0, 0.05) is 42.6 Å². The lowest BCUT2D eigenvalue weighted by atomic mass is 10.0. The van der Waals surface area contributed by atoms with Crippen LogP contribution in [0.4, 0.5) is 5.82 Å². The van der Waals surface area contributed by atoms with Crippen molar-refractivity contribution in [3.63, 3.8) is 0 Å². The third kappa shape index (κ3) is 5.48. The van der Waals surface area contributed by atoms with Gasteiger partial charge in [0.1, 0.15) is 0 Å². The number of aromatic amines is 1. The monoisotopic (exact) mass is 436 g/mol. The number of H-pyrrole nitrogens is 1. The molecular weight excluding hydrogens is 408 g/mol. The highest BCUT2D eigenvalue weighted by atomic mass is 33.1. The van der Waals surface area contributed by atoms with Gasteiger partial charge in [-0.15, -0.1) is 11.3 Å². The molecular formula is C20H28N4OS3. The summed E-state index contributed by atoms with van der Waals surface area (Å²) in [7, 11) is 4.03. The lowest BCUT2D eigenvalue weighted by Gasteiger charge is -2.32. The second-order valence-corrected chi connectivity index (χ2v) is 11.3. The summed E-state index contributed by atoms with van der Waals surface area (Å²) in [6.45, 7) is 1.88. The molecule has 0 spiro atoms. The molecule has 2 fully saturated rings. The zero-order valence-corrected chi connectivity index (χ0v) is 18.5. The third-order valence-corrected chi connectivity index (χ3v) is 9.35. The number of amides is 1. The van der Waals surface area contributed by atoms with Crippen molar-refractivity contribution in [1.82, 2.24) is 15.5 Å². The number of nitrogens with one attached hydrogen (secondary N) is 2. The minimum absolute atomic E-state index is 0.228. The number of aromatic nitrogens is 2. The lowest BCUT2D eigenvalue weighted by molar-refractivity contribution is -0.122. The summed E-state index contributed by atoms with van der Waals surface area (Å²) in [5.41, 5.74) is 1.08. The lowest BCUT2D eigenvalue weighted by Crippen LogP contribution is -2.44. The van der Waals surface area contributed by atoms with Gasteiger partial charge in [-0.05, 0) is 43.6 Å². The number of rotatable bonds is 8. The molecule has 4 heterocycles. The minimum Gasteiger partial charge on any atom is -0.355 e. The molecule has 0 aliphatic carbocycles. The first kappa shape index (κ1) is 20.2. The van der Waals surface area contributed by atoms with E-state index in [1.165, 1.54) is 29.9 Å². The van der Waals surface area contributed by atoms with E-state index >= 15 is 0 Å². The SMILES string of the molecule is O=C(CCCCC1CCSS1)NC1CCN(c2cc(-c3cccs3)[nH]n2)CC1. The van der Waals surface area contributed by atoms with Crippen LogP contribution in [-0.2, 0) is 4.79 Å². The number of hydrogen-bond donors (Lipinski definition) is 2. The Kier molecular flexibility index (Phi) is 7.25. The minimum atomic E-state index is 0.228. The number of piperidine rings is 1. The number of unbranched alkanes of at least 4 members (excludes halogenated alkanes) is 1. The summed E-state index contributed by atoms with van der Waals surface area (Å²) in [5.74, 6) is 2.53. The predicted octanol–water partition coefficient (Wildman–Crippen LogP) is 4.94. The molecule has 152 valence electrons. The maximum atomic E-state index is 12.2. The van der Waals surface area contributed by atoms with Gasteiger partial charge in [0.15, 0.2) is 5.82 Å². The van der Waals surface area contributed by atoms with Crippen molar-refractivity contribution in [3.8, 4) is 10.6 Å². The molecule has 2 aliphatic heterocycles. The van der Waals surface area contributed by atoms with E-state index in [0.717, 1.165) is 49.1 Å². The fourth-order valence-electron chi connectivity index (χ4n) is 3.81. The van der Waals surface area contributed by atoms with E-state index in [1.807, 2.05) is 21.6 Å². The van der Waals surface area contributed by atoms with E-state index in [-0.39, 0.29) is 5.91 Å². The Morgan fingerprint density at radius 3 is 2.93 bits per heavy atom. The van der Waals surface area contributed by atoms with Crippen LogP contribution in [0.5, 0.6) is 0 Å². The zero-order valence-electron chi connectivity index (χ0n) is 16.1. The van der Waals surface area contributed by atoms with E-state index < -0.39 is 0 Å². The fraction of sp³-hybridized carbons (Fsp3) is 0.600. The molecule has 2 N–H and O–H groups in total. The van der Waals surface area contributed by atoms with Gasteiger partial charge >= 0.3 is 0 Å². The summed E-state index contributed by atoms with van der Waals surface area (Å²) in [4.78, 5) is 15.8. The molecule has 4 rings (SSSR count). The van der Waals surface area contributed by atoms with Crippen LogP contribution in [-0.4, -0.2) is 46.2 Å². The quantitative estimate of drug-likeness (QED) is 0.453. The molecule has 2 aromatic heterocycles. The molecule has 0 bridgehead atoms. The van der Waals surface area contributed by atoms with Crippen molar-refractivity contribution in [2.45, 2.75) is 56.2 Å². The summed E-state index contributed by atoms with van der Waals surface area (Å²) in [5, 5.41) is 13.8. The van der Waals surface area contributed by atoms with Crippen LogP contribution < -0.4 is 10.2 Å². The number of anilines is 1. The fourth-order valence-corrected chi connectivity index (χ4v) is 7.53. The van der Waals surface area contributed by atoms with E-state index in [2.05, 4.69) is 44.0 Å². The Bertz CT molecular complexity index is 734. The van der Waals surface area contributed by atoms with E-state index in [0.29, 0.717) is 12.5 Å². The van der Waals surface area contributed by atoms with Crippen LogP contribution >= 0.6 is 32.9 Å². The largest absolute Gasteiger partial charge is 0.355 e. The van der Waals surface area contributed by atoms with Crippen LogP contribution in [0.25, 0.3) is 10.6 Å². The first-order chi connectivity index (χ1) is 13.8. The van der Waals surface area contributed by atoms with Gasteiger partial charge < -0.3 is 10.2 Å². The van der Waals surface area contributed by atoms with Gasteiger partial charge in [-0.1, -0.05) is 34.1 Å². The van der Waals surface area contributed by atoms with Crippen LogP contribution in [0.3, 0.4) is 0 Å². The van der Waals surface area contributed by atoms with Gasteiger partial charge in [0.05, 0.1) is 10.6 Å². The van der Waals surface area contributed by atoms with Crippen molar-refractivity contribution in [1.29, 1.82) is 0 Å². The number of carbonyl (C=O) groups is 1. The molecule has 1 amide bonds. The van der Waals surface area contributed by atoms with Crippen LogP contribution in [0.15, 0.2) is 23.6 Å². The average Bonchev–Trinajstić information content (AvgIpc) is 3.48. The molecule has 2 aliphatic rings. The Hall–Kier alpha value is -1.12. The zero-order chi connectivity index (χ0) is 19.2. The summed E-state index contributed by atoms with van der Waals surface area (Å²) >= 11 is 1.72. The van der Waals surface area contributed by atoms with Crippen molar-refractivity contribution in [3.05, 3.63) is 23.6 Å². The third-order valence-electron chi connectivity index (χ3n) is 5.44. The molecule has 8 heteroatoms. The first-order valence-electron chi connectivity index (χ1n) is 10.2. The number of thiophene rings is 1. The molecule has 28 heavy (non-hydrogen) atoms. The molecule has 0 saturated carbocycles. The van der Waals surface area contributed by atoms with Crippen molar-refractivity contribution in [2.24, 2.45) is 0 Å². The highest BCUT2D eigenvalue weighted by Crippen LogP contribution is 2.39. The number of hydrogen-bond acceptors (Lipinski definition) is 6. The van der Waals surface area contributed by atoms with Gasteiger partial charge in [0.25, 0.3) is 0 Å². The second-order valence-electron chi connectivity index (χ2n) is 7.52. The van der Waals surface area contributed by atoms with Crippen LogP contribution in [0, 0.1) is 0 Å². The predicted molar refractivity (Wildman–Crippen MR) is 122 cm³/mol. The highest BCUT2D eigenvalue weighted by molar-refractivity contribution is 8.77. The van der Waals surface area contributed by atoms with Gasteiger partial charge in [0.2, 0.25) is 5.91 Å². The Balaban J connectivity index is 1.14. The van der Waals surface area contributed by atoms with Crippen molar-refractivity contribution < 1.29 is 4.79 Å². The molecule has 2 aromatic rings. The maximum absolute atomic E-state index is 12.2. The normalized spacial score (nSPS) is 20.6. The topological polar surface area (TPSA) is 61.0 Å². The molecule has 1 unspecified atom stereocenters. The molecule has 5 nitrogen and oxygen atoms in total. The maximum Gasteiger partial charge on any atom is 0.220 e. The molecule has 2 saturated heterocycles. The average molecular weight is 437 g/mol. The Labute approximate surface area is 178 Å². The molecule has 0 aromatic carbocycles. The standard InChI is InChI=1S/C20H28N4OS3/c25-20(6-2-1-4-16-9-13-27-28-16)21-15-7-10-24(11-8-15)19-14-17(22-23-19)18-5-3-12-26-18/h3,5,12,14-16H,1-2,4,6-11,13H2,(H,21,25)(H,22,23).